The van der Waals surface area contributed by atoms with Gasteiger partial charge in [-0.1, -0.05) is 41.5 Å². The van der Waals surface area contributed by atoms with E-state index >= 15 is 0 Å². The molecule has 37 heavy (non-hydrogen) atoms. The highest BCUT2D eigenvalue weighted by Crippen LogP contribution is 2.80. The third kappa shape index (κ3) is 2.89. The summed E-state index contributed by atoms with van der Waals surface area (Å²) in [6.07, 6.45) is 9.41. The Kier molecular flexibility index (Phi) is 5.65. The van der Waals surface area contributed by atoms with Crippen molar-refractivity contribution in [2.24, 2.45) is 50.2 Å². The molecule has 6 fully saturated rings. The van der Waals surface area contributed by atoms with Crippen LogP contribution >= 0.6 is 0 Å². The Balaban J connectivity index is 1.43. The Labute approximate surface area is 224 Å². The molecule has 1 spiro atoms. The Hall–Kier alpha value is -0.490. The van der Waals surface area contributed by atoms with E-state index in [9.17, 15) is 9.90 Å². The van der Waals surface area contributed by atoms with Gasteiger partial charge in [0.05, 0.1) is 23.7 Å². The molecule has 1 heterocycles. The molecular weight excluding hydrogens is 464 g/mol. The lowest BCUT2D eigenvalue weighted by Gasteiger charge is -2.74. The number of carbonyl (C=O) groups is 1. The van der Waals surface area contributed by atoms with E-state index in [0.717, 1.165) is 51.4 Å². The van der Waals surface area contributed by atoms with Crippen LogP contribution < -0.4 is 0 Å². The average molecular weight is 517 g/mol. The predicted octanol–water partition coefficient (Wildman–Crippen LogP) is 6.16. The van der Waals surface area contributed by atoms with Gasteiger partial charge in [0.1, 0.15) is 5.78 Å². The first-order chi connectivity index (χ1) is 17.2. The van der Waals surface area contributed by atoms with Crippen LogP contribution in [0.5, 0.6) is 0 Å². The molecule has 0 aromatic heterocycles. The molecule has 5 aliphatic carbocycles. The maximum absolute atomic E-state index is 14.3. The minimum absolute atomic E-state index is 0.0385. The number of ketones is 1. The van der Waals surface area contributed by atoms with Crippen molar-refractivity contribution in [3.05, 3.63) is 0 Å². The van der Waals surface area contributed by atoms with Gasteiger partial charge in [0.25, 0.3) is 0 Å². The van der Waals surface area contributed by atoms with Crippen molar-refractivity contribution in [1.82, 2.24) is 0 Å². The van der Waals surface area contributed by atoms with Crippen molar-refractivity contribution >= 4 is 5.78 Å². The van der Waals surface area contributed by atoms with Crippen LogP contribution in [0.1, 0.15) is 106 Å². The number of carbonyl (C=O) groups excluding carboxylic acids is 1. The van der Waals surface area contributed by atoms with Gasteiger partial charge in [0, 0.05) is 37.4 Å². The number of methoxy groups -OCH3 is 2. The molecule has 0 amide bonds. The van der Waals surface area contributed by atoms with E-state index in [-0.39, 0.29) is 56.4 Å². The van der Waals surface area contributed by atoms with Gasteiger partial charge in [-0.05, 0) is 85.9 Å². The summed E-state index contributed by atoms with van der Waals surface area (Å²) >= 11 is 0. The molecule has 210 valence electrons. The molecule has 1 saturated heterocycles. The van der Waals surface area contributed by atoms with Crippen molar-refractivity contribution in [3.8, 4) is 0 Å². The first kappa shape index (κ1) is 26.7. The quantitative estimate of drug-likeness (QED) is 0.455. The number of hydrogen-bond donors (Lipinski definition) is 1. The fourth-order valence-corrected chi connectivity index (χ4v) is 12.5. The maximum Gasteiger partial charge on any atom is 0.162 e. The zero-order chi connectivity index (χ0) is 26.9. The molecule has 10 atom stereocenters. The Morgan fingerprint density at radius 1 is 0.865 bits per heavy atom. The van der Waals surface area contributed by atoms with E-state index in [0.29, 0.717) is 30.6 Å². The van der Waals surface area contributed by atoms with E-state index < -0.39 is 0 Å². The zero-order valence-electron chi connectivity index (χ0n) is 24.7. The van der Waals surface area contributed by atoms with Crippen LogP contribution in [-0.2, 0) is 19.0 Å². The van der Waals surface area contributed by atoms with Gasteiger partial charge in [-0.2, -0.15) is 0 Å². The highest BCUT2D eigenvalue weighted by atomic mass is 16.7. The topological polar surface area (TPSA) is 65.0 Å². The standard InChI is InChI=1S/C32H52O5/c1-26(2)20-9-13-29(5)21(28(20,4)12-11-23(26)33)10-14-32-22-17-27(3,25(35-7)36-8)15-16-31(22,19-37-32)24(34)18-30(29,32)6/h20-23,25,33H,9-19H2,1-8H3/t20-,21+,22+,23-,27-,28-,29+,30-,31+,32-/m0/s1. The number of Topliss-reactive ketones (excluding diaryl/α,β-unsaturated/α-hetero) is 1. The number of rotatable bonds is 3. The van der Waals surface area contributed by atoms with Gasteiger partial charge in [0.15, 0.2) is 6.29 Å². The first-order valence-electron chi connectivity index (χ1n) is 15.1. The summed E-state index contributed by atoms with van der Waals surface area (Å²) in [4.78, 5) is 14.3. The van der Waals surface area contributed by atoms with Crippen LogP contribution in [0, 0.1) is 50.2 Å². The van der Waals surface area contributed by atoms with Gasteiger partial charge < -0.3 is 19.3 Å². The minimum Gasteiger partial charge on any atom is -0.393 e. The lowest BCUT2D eigenvalue weighted by Crippen LogP contribution is -2.73. The molecule has 1 aliphatic heterocycles. The second kappa shape index (κ2) is 7.83. The van der Waals surface area contributed by atoms with E-state index in [2.05, 4.69) is 41.5 Å². The van der Waals surface area contributed by atoms with Crippen molar-refractivity contribution in [2.75, 3.05) is 20.8 Å². The highest BCUT2D eigenvalue weighted by molar-refractivity contribution is 5.88. The second-order valence-electron chi connectivity index (χ2n) is 16.0. The molecule has 0 radical (unpaired) electrons. The Bertz CT molecular complexity index is 974. The largest absolute Gasteiger partial charge is 0.393 e. The van der Waals surface area contributed by atoms with E-state index in [1.807, 2.05) is 0 Å². The van der Waals surface area contributed by atoms with Crippen LogP contribution in [0.4, 0.5) is 0 Å². The fraction of sp³-hybridized carbons (Fsp3) is 0.969. The molecule has 2 bridgehead atoms. The van der Waals surface area contributed by atoms with Gasteiger partial charge in [-0.25, -0.2) is 0 Å². The summed E-state index contributed by atoms with van der Waals surface area (Å²) in [5.74, 6) is 1.76. The van der Waals surface area contributed by atoms with Gasteiger partial charge in [-0.3, -0.25) is 4.79 Å². The van der Waals surface area contributed by atoms with Crippen LogP contribution in [0.3, 0.4) is 0 Å². The monoisotopic (exact) mass is 516 g/mol. The zero-order valence-corrected chi connectivity index (χ0v) is 24.7. The number of aliphatic hydroxyl groups excluding tert-OH is 1. The highest BCUT2D eigenvalue weighted by Gasteiger charge is 2.80. The second-order valence-corrected chi connectivity index (χ2v) is 16.0. The summed E-state index contributed by atoms with van der Waals surface area (Å²) in [7, 11) is 3.49. The van der Waals surface area contributed by atoms with Gasteiger partial charge >= 0.3 is 0 Å². The first-order valence-corrected chi connectivity index (χ1v) is 15.1. The van der Waals surface area contributed by atoms with Crippen molar-refractivity contribution in [2.45, 2.75) is 124 Å². The Morgan fingerprint density at radius 2 is 1.54 bits per heavy atom. The van der Waals surface area contributed by atoms with Crippen molar-refractivity contribution in [1.29, 1.82) is 0 Å². The van der Waals surface area contributed by atoms with Crippen molar-refractivity contribution in [3.63, 3.8) is 0 Å². The summed E-state index contributed by atoms with van der Waals surface area (Å²) in [6, 6.07) is 0. The van der Waals surface area contributed by atoms with Gasteiger partial charge in [0.2, 0.25) is 0 Å². The summed E-state index contributed by atoms with van der Waals surface area (Å²) in [6.45, 7) is 15.0. The molecule has 0 aromatic rings. The molecule has 5 heteroatoms. The van der Waals surface area contributed by atoms with Crippen LogP contribution in [0.15, 0.2) is 0 Å². The molecule has 0 unspecified atom stereocenters. The van der Waals surface area contributed by atoms with E-state index in [4.69, 9.17) is 14.2 Å². The lowest BCUT2D eigenvalue weighted by molar-refractivity contribution is -0.287. The van der Waals surface area contributed by atoms with Crippen LogP contribution in [-0.4, -0.2) is 49.7 Å². The van der Waals surface area contributed by atoms with Crippen molar-refractivity contribution < 1.29 is 24.1 Å². The normalized spacial score (nSPS) is 56.3. The van der Waals surface area contributed by atoms with Gasteiger partial charge in [-0.15, -0.1) is 0 Å². The predicted molar refractivity (Wildman–Crippen MR) is 143 cm³/mol. The lowest BCUT2D eigenvalue weighted by atomic mass is 9.30. The SMILES string of the molecule is COC(OC)[C@@]1(C)CC[C@]23CO[C@@]4(CC[C@@H]5[C@@]6(C)CC[C@H](O)C(C)(C)[C@@H]6CC[C@@]5(C)[C@]4(C)CC2=O)[C@@H]3C1. The molecule has 5 nitrogen and oxygen atoms in total. The summed E-state index contributed by atoms with van der Waals surface area (Å²) in [5, 5.41) is 11.0. The maximum atomic E-state index is 14.3. The summed E-state index contributed by atoms with van der Waals surface area (Å²) in [5.41, 5.74) is -0.731. The molecule has 5 saturated carbocycles. The number of aliphatic hydroxyl groups is 1. The number of ether oxygens (including phenoxy) is 3. The Morgan fingerprint density at radius 3 is 2.22 bits per heavy atom. The smallest absolute Gasteiger partial charge is 0.162 e. The third-order valence-electron chi connectivity index (χ3n) is 14.7. The van der Waals surface area contributed by atoms with E-state index in [1.54, 1.807) is 14.2 Å². The minimum atomic E-state index is -0.327. The molecular formula is C32H52O5. The van der Waals surface area contributed by atoms with Crippen LogP contribution in [0.2, 0.25) is 0 Å². The average Bonchev–Trinajstić information content (AvgIpc) is 3.11. The summed E-state index contributed by atoms with van der Waals surface area (Å²) < 4.78 is 18.8. The van der Waals surface area contributed by atoms with E-state index in [1.165, 1.54) is 6.42 Å². The molecule has 6 rings (SSSR count). The fourth-order valence-electron chi connectivity index (χ4n) is 12.5. The number of fused-ring (bicyclic) bond motifs is 4. The molecule has 0 aromatic carbocycles. The third-order valence-corrected chi connectivity index (χ3v) is 14.7. The molecule has 1 N–H and O–H groups in total. The van der Waals surface area contributed by atoms with Crippen LogP contribution in [0.25, 0.3) is 0 Å². The number of hydrogen-bond acceptors (Lipinski definition) is 5. The molecule has 6 aliphatic rings.